The van der Waals surface area contributed by atoms with Gasteiger partial charge in [0.1, 0.15) is 5.82 Å². The summed E-state index contributed by atoms with van der Waals surface area (Å²) in [5, 5.41) is 27.9. The fraction of sp³-hybridized carbons (Fsp3) is 0.478. The van der Waals surface area contributed by atoms with Crippen molar-refractivity contribution in [2.45, 2.75) is 45.3 Å². The number of aromatic nitrogens is 2. The maximum atomic E-state index is 11.7. The number of rotatable bonds is 16. The minimum Gasteiger partial charge on any atom is -0.480 e. The first kappa shape index (κ1) is 26.0. The van der Waals surface area contributed by atoms with E-state index in [2.05, 4.69) is 4.98 Å². The third kappa shape index (κ3) is 9.42. The quantitative estimate of drug-likeness (QED) is 0.343. The lowest BCUT2D eigenvalue weighted by Gasteiger charge is -2.34. The van der Waals surface area contributed by atoms with Crippen molar-refractivity contribution in [3.05, 3.63) is 54.1 Å². The van der Waals surface area contributed by atoms with Gasteiger partial charge in [-0.05, 0) is 12.0 Å². The van der Waals surface area contributed by atoms with E-state index in [0.29, 0.717) is 18.8 Å². The van der Waals surface area contributed by atoms with Gasteiger partial charge in [-0.3, -0.25) is 24.2 Å². The summed E-state index contributed by atoms with van der Waals surface area (Å²) >= 11 is 0. The van der Waals surface area contributed by atoms with Gasteiger partial charge in [0.05, 0.1) is 26.2 Å². The van der Waals surface area contributed by atoms with E-state index in [1.807, 2.05) is 48.0 Å². The van der Waals surface area contributed by atoms with Gasteiger partial charge in [0, 0.05) is 31.5 Å². The lowest BCUT2D eigenvalue weighted by atomic mass is 10.1. The predicted molar refractivity (Wildman–Crippen MR) is 121 cm³/mol. The summed E-state index contributed by atoms with van der Waals surface area (Å²) in [6.45, 7) is 1.84. The third-order valence-electron chi connectivity index (χ3n) is 5.27. The van der Waals surface area contributed by atoms with Crippen LogP contribution in [0.4, 0.5) is 0 Å². The summed E-state index contributed by atoms with van der Waals surface area (Å²) in [6.07, 6.45) is 5.78. The molecule has 3 N–H and O–H groups in total. The van der Waals surface area contributed by atoms with Crippen LogP contribution < -0.4 is 0 Å². The molecular weight excluding hydrogens is 428 g/mol. The molecule has 0 radical (unpaired) electrons. The lowest BCUT2D eigenvalue weighted by Crippen LogP contribution is -2.48. The van der Waals surface area contributed by atoms with E-state index < -0.39 is 31.0 Å². The second-order valence-electron chi connectivity index (χ2n) is 8.01. The van der Waals surface area contributed by atoms with Crippen molar-refractivity contribution in [1.82, 2.24) is 19.4 Å². The Morgan fingerprint density at radius 2 is 1.64 bits per heavy atom. The van der Waals surface area contributed by atoms with E-state index in [0.717, 1.165) is 18.4 Å². The first-order valence-corrected chi connectivity index (χ1v) is 10.9. The van der Waals surface area contributed by atoms with Crippen LogP contribution in [0, 0.1) is 0 Å². The first-order chi connectivity index (χ1) is 15.8. The predicted octanol–water partition coefficient (Wildman–Crippen LogP) is 1.85. The number of hydrogen-bond donors (Lipinski definition) is 3. The van der Waals surface area contributed by atoms with Gasteiger partial charge in [0.15, 0.2) is 0 Å². The Morgan fingerprint density at radius 1 is 1.00 bits per heavy atom. The maximum Gasteiger partial charge on any atom is 0.317 e. The van der Waals surface area contributed by atoms with Crippen molar-refractivity contribution in [3.8, 4) is 0 Å². The number of carboxylic acids is 3. The highest BCUT2D eigenvalue weighted by molar-refractivity contribution is 5.72. The van der Waals surface area contributed by atoms with Crippen molar-refractivity contribution in [1.29, 1.82) is 0 Å². The second-order valence-corrected chi connectivity index (χ2v) is 8.01. The van der Waals surface area contributed by atoms with E-state index in [9.17, 15) is 29.7 Å². The molecule has 1 atom stereocenters. The Morgan fingerprint density at radius 3 is 2.21 bits per heavy atom. The highest BCUT2D eigenvalue weighted by Crippen LogP contribution is 2.16. The molecule has 0 aliphatic heterocycles. The topological polar surface area (TPSA) is 136 Å². The minimum absolute atomic E-state index is 0.130. The van der Waals surface area contributed by atoms with Crippen molar-refractivity contribution in [3.63, 3.8) is 0 Å². The summed E-state index contributed by atoms with van der Waals surface area (Å²) in [5.74, 6) is -2.59. The summed E-state index contributed by atoms with van der Waals surface area (Å²) in [4.78, 5) is 41.7. The molecule has 0 spiro atoms. The molecule has 0 fully saturated rings. The average Bonchev–Trinajstić information content (AvgIpc) is 3.16. The molecule has 2 rings (SSSR count). The maximum absolute atomic E-state index is 11.7. The van der Waals surface area contributed by atoms with Crippen LogP contribution in [0.2, 0.25) is 0 Å². The molecule has 2 aromatic rings. The fourth-order valence-corrected chi connectivity index (χ4v) is 3.78. The van der Waals surface area contributed by atoms with Crippen LogP contribution in [0.25, 0.3) is 0 Å². The molecule has 0 bridgehead atoms. The average molecular weight is 461 g/mol. The molecule has 1 aromatic heterocycles. The molecule has 0 aliphatic rings. The number of carbonyl (C=O) groups is 3. The largest absolute Gasteiger partial charge is 0.480 e. The van der Waals surface area contributed by atoms with Gasteiger partial charge in [0.2, 0.25) is 0 Å². The smallest absolute Gasteiger partial charge is 0.317 e. The van der Waals surface area contributed by atoms with E-state index in [1.54, 1.807) is 11.1 Å². The van der Waals surface area contributed by atoms with E-state index in [-0.39, 0.29) is 25.7 Å². The van der Waals surface area contributed by atoms with Crippen molar-refractivity contribution in [2.24, 2.45) is 0 Å². The Bertz CT molecular complexity index is 885. The summed E-state index contributed by atoms with van der Waals surface area (Å²) in [5.41, 5.74) is 1.08. The normalized spacial score (nSPS) is 12.2. The van der Waals surface area contributed by atoms with Gasteiger partial charge in [-0.2, -0.15) is 0 Å². The highest BCUT2D eigenvalue weighted by Gasteiger charge is 2.26. The number of nitrogens with zero attached hydrogens (tertiary/aromatic N) is 4. The summed E-state index contributed by atoms with van der Waals surface area (Å²) < 4.78 is 1.95. The van der Waals surface area contributed by atoms with Gasteiger partial charge in [-0.25, -0.2) is 4.98 Å². The van der Waals surface area contributed by atoms with Crippen LogP contribution in [0.3, 0.4) is 0 Å². The SMILES string of the molecule is CCCCC(CN(CC(=O)O)CC(=O)O)N(CC(=O)O)Cc1nccn1Cc1ccccc1. The van der Waals surface area contributed by atoms with Gasteiger partial charge in [-0.15, -0.1) is 0 Å². The molecular formula is C23H32N4O6. The van der Waals surface area contributed by atoms with E-state index >= 15 is 0 Å². The lowest BCUT2D eigenvalue weighted by molar-refractivity contribution is -0.144. The molecule has 0 aliphatic carbocycles. The molecule has 0 saturated heterocycles. The number of aliphatic carboxylic acids is 3. The van der Waals surface area contributed by atoms with E-state index in [1.165, 1.54) is 4.90 Å². The van der Waals surface area contributed by atoms with E-state index in [4.69, 9.17) is 0 Å². The van der Waals surface area contributed by atoms with Crippen LogP contribution in [0.5, 0.6) is 0 Å². The minimum atomic E-state index is -1.13. The zero-order valence-corrected chi connectivity index (χ0v) is 18.8. The van der Waals surface area contributed by atoms with Crippen LogP contribution >= 0.6 is 0 Å². The zero-order chi connectivity index (χ0) is 24.2. The Balaban J connectivity index is 2.26. The third-order valence-corrected chi connectivity index (χ3v) is 5.27. The van der Waals surface area contributed by atoms with Gasteiger partial charge in [0.25, 0.3) is 0 Å². The summed E-state index contributed by atoms with van der Waals surface area (Å²) in [6, 6.07) is 9.48. The number of benzene rings is 1. The molecule has 10 heteroatoms. The molecule has 180 valence electrons. The number of imidazole rings is 1. The highest BCUT2D eigenvalue weighted by atomic mass is 16.4. The number of carboxylic acid groups (broad SMARTS) is 3. The molecule has 1 heterocycles. The van der Waals surface area contributed by atoms with Gasteiger partial charge < -0.3 is 19.9 Å². The molecule has 0 saturated carbocycles. The zero-order valence-electron chi connectivity index (χ0n) is 18.8. The molecule has 1 aromatic carbocycles. The summed E-state index contributed by atoms with van der Waals surface area (Å²) in [7, 11) is 0. The van der Waals surface area contributed by atoms with Crippen LogP contribution in [0.1, 0.15) is 37.6 Å². The van der Waals surface area contributed by atoms with Crippen LogP contribution in [-0.4, -0.2) is 84.8 Å². The molecule has 1 unspecified atom stereocenters. The standard InChI is InChI=1S/C23H32N4O6/c1-2-3-9-19(13-25(15-21(28)29)16-22(30)31)27(17-23(32)33)14-20-24-10-11-26(20)12-18-7-5-4-6-8-18/h4-8,10-11,19H,2-3,9,12-17H2,1H3,(H,28,29)(H,30,31)(H,32,33). The Kier molecular flexibility index (Phi) is 10.5. The van der Waals surface area contributed by atoms with Crippen molar-refractivity contribution < 1.29 is 29.7 Å². The Labute approximate surface area is 193 Å². The van der Waals surface area contributed by atoms with Crippen LogP contribution in [0.15, 0.2) is 42.7 Å². The van der Waals surface area contributed by atoms with Crippen molar-refractivity contribution in [2.75, 3.05) is 26.2 Å². The van der Waals surface area contributed by atoms with Gasteiger partial charge in [-0.1, -0.05) is 50.1 Å². The molecule has 10 nitrogen and oxygen atoms in total. The van der Waals surface area contributed by atoms with Crippen molar-refractivity contribution >= 4 is 17.9 Å². The number of unbranched alkanes of at least 4 members (excludes halogenated alkanes) is 1. The first-order valence-electron chi connectivity index (χ1n) is 10.9. The van der Waals surface area contributed by atoms with Gasteiger partial charge >= 0.3 is 17.9 Å². The van der Waals surface area contributed by atoms with Crippen LogP contribution in [-0.2, 0) is 27.5 Å². The fourth-order valence-electron chi connectivity index (χ4n) is 3.78. The Hall–Kier alpha value is -3.24. The molecule has 33 heavy (non-hydrogen) atoms. The number of hydrogen-bond acceptors (Lipinski definition) is 6. The molecule has 0 amide bonds. The monoisotopic (exact) mass is 460 g/mol. The second kappa shape index (κ2) is 13.3.